The van der Waals surface area contributed by atoms with E-state index < -0.39 is 6.10 Å². The van der Waals surface area contributed by atoms with Gasteiger partial charge in [0, 0.05) is 19.3 Å². The predicted molar refractivity (Wildman–Crippen MR) is 284 cm³/mol. The minimum Gasteiger partial charge on any atom is -0.462 e. The third-order valence-electron chi connectivity index (χ3n) is 13.6. The summed E-state index contributed by atoms with van der Waals surface area (Å²) in [6.45, 7) is 13.8. The van der Waals surface area contributed by atoms with Crippen molar-refractivity contribution in [3.8, 4) is 0 Å². The Morgan fingerprint density at radius 2 is 0.439 bits per heavy atom. The Hall–Kier alpha value is -1.59. The zero-order valence-electron chi connectivity index (χ0n) is 45.5. The third-order valence-corrected chi connectivity index (χ3v) is 13.6. The molecule has 0 bridgehead atoms. The van der Waals surface area contributed by atoms with Gasteiger partial charge in [0.25, 0.3) is 0 Å². The third kappa shape index (κ3) is 53.4. The van der Waals surface area contributed by atoms with Gasteiger partial charge in [-0.2, -0.15) is 0 Å². The van der Waals surface area contributed by atoms with E-state index in [0.717, 1.165) is 75.5 Å². The number of esters is 3. The van der Waals surface area contributed by atoms with E-state index in [9.17, 15) is 14.4 Å². The van der Waals surface area contributed by atoms with Crippen LogP contribution in [0.2, 0.25) is 0 Å². The molecule has 0 aromatic rings. The van der Waals surface area contributed by atoms with Gasteiger partial charge in [-0.05, 0) is 37.0 Å². The van der Waals surface area contributed by atoms with Crippen LogP contribution in [-0.4, -0.2) is 37.2 Å². The van der Waals surface area contributed by atoms with Crippen molar-refractivity contribution in [3.05, 3.63) is 0 Å². The average molecular weight is 934 g/mol. The zero-order valence-corrected chi connectivity index (χ0v) is 45.5. The van der Waals surface area contributed by atoms with E-state index in [1.165, 1.54) is 212 Å². The summed E-state index contributed by atoms with van der Waals surface area (Å²) in [4.78, 5) is 38.2. The lowest BCUT2D eigenvalue weighted by atomic mass is 10.0. The van der Waals surface area contributed by atoms with E-state index >= 15 is 0 Å². The molecule has 0 aliphatic rings. The summed E-state index contributed by atoms with van der Waals surface area (Å²) in [5, 5.41) is 0. The molecule has 0 fully saturated rings. The van der Waals surface area contributed by atoms with Gasteiger partial charge in [0.15, 0.2) is 6.10 Å². The van der Waals surface area contributed by atoms with Gasteiger partial charge in [-0.25, -0.2) is 0 Å². The summed E-state index contributed by atoms with van der Waals surface area (Å²) in [7, 11) is 0. The molecule has 0 N–H and O–H groups in total. The van der Waals surface area contributed by atoms with Gasteiger partial charge in [0.05, 0.1) is 0 Å². The van der Waals surface area contributed by atoms with Crippen molar-refractivity contribution >= 4 is 17.9 Å². The van der Waals surface area contributed by atoms with Crippen molar-refractivity contribution in [2.75, 3.05) is 13.2 Å². The summed E-state index contributed by atoms with van der Waals surface area (Å²) >= 11 is 0. The molecule has 0 spiro atoms. The number of unbranched alkanes of at least 4 members (excludes halogenated alkanes) is 36. The molecular weight excluding hydrogens is 817 g/mol. The Morgan fingerprint density at radius 1 is 0.258 bits per heavy atom. The number of carbonyl (C=O) groups is 3. The fraction of sp³-hybridized carbons (Fsp3) is 0.950. The van der Waals surface area contributed by atoms with E-state index in [2.05, 4.69) is 41.5 Å². The van der Waals surface area contributed by atoms with Crippen LogP contribution in [0.25, 0.3) is 0 Å². The molecule has 6 nitrogen and oxygen atoms in total. The highest BCUT2D eigenvalue weighted by molar-refractivity contribution is 5.71. The molecular formula is C60H116O6. The molecule has 1 atom stereocenters. The molecule has 0 rings (SSSR count). The van der Waals surface area contributed by atoms with Crippen molar-refractivity contribution in [2.45, 2.75) is 337 Å². The van der Waals surface area contributed by atoms with E-state index in [4.69, 9.17) is 14.2 Å². The average Bonchev–Trinajstić information content (AvgIpc) is 3.28. The summed E-state index contributed by atoms with van der Waals surface area (Å²) in [6, 6.07) is 0. The first kappa shape index (κ1) is 64.4. The van der Waals surface area contributed by atoms with Gasteiger partial charge in [-0.3, -0.25) is 14.4 Å². The van der Waals surface area contributed by atoms with Crippen LogP contribution in [0.4, 0.5) is 0 Å². The van der Waals surface area contributed by atoms with Gasteiger partial charge in [-0.1, -0.05) is 292 Å². The standard InChI is InChI=1S/C60H116O6/c1-54(2)46-40-34-28-22-16-12-8-7-9-14-18-25-31-37-43-49-58(61)64-52-57(66-60(63)51-45-39-33-27-21-20-24-30-36-42-48-56(5)6)53-65-59(62)50-44-38-32-26-19-15-11-10-13-17-23-29-35-41-47-55(3)4/h54-57H,7-53H2,1-6H3/t57-/m0/s1. The molecule has 0 saturated heterocycles. The van der Waals surface area contributed by atoms with Gasteiger partial charge in [0.2, 0.25) is 0 Å². The van der Waals surface area contributed by atoms with Gasteiger partial charge < -0.3 is 14.2 Å². The van der Waals surface area contributed by atoms with Gasteiger partial charge in [0.1, 0.15) is 13.2 Å². The first-order chi connectivity index (χ1) is 32.1. The molecule has 6 heteroatoms. The first-order valence-electron chi connectivity index (χ1n) is 29.6. The Labute approximate surface area is 412 Å². The maximum atomic E-state index is 12.8. The number of ether oxygens (including phenoxy) is 3. The predicted octanol–water partition coefficient (Wildman–Crippen LogP) is 19.5. The second-order valence-electron chi connectivity index (χ2n) is 22.1. The smallest absolute Gasteiger partial charge is 0.306 e. The Morgan fingerprint density at radius 3 is 0.652 bits per heavy atom. The molecule has 0 saturated carbocycles. The molecule has 0 aliphatic heterocycles. The lowest BCUT2D eigenvalue weighted by Gasteiger charge is -2.18. The van der Waals surface area contributed by atoms with Crippen LogP contribution in [0.3, 0.4) is 0 Å². The monoisotopic (exact) mass is 933 g/mol. The number of hydrogen-bond acceptors (Lipinski definition) is 6. The highest BCUT2D eigenvalue weighted by atomic mass is 16.6. The molecule has 0 aliphatic carbocycles. The van der Waals surface area contributed by atoms with Gasteiger partial charge in [-0.15, -0.1) is 0 Å². The van der Waals surface area contributed by atoms with Crippen LogP contribution < -0.4 is 0 Å². The summed E-state index contributed by atoms with van der Waals surface area (Å²) < 4.78 is 16.9. The Bertz CT molecular complexity index is 1020. The molecule has 66 heavy (non-hydrogen) atoms. The number of hydrogen-bond donors (Lipinski definition) is 0. The topological polar surface area (TPSA) is 78.9 Å². The van der Waals surface area contributed by atoms with Crippen LogP contribution in [-0.2, 0) is 28.6 Å². The normalized spacial score (nSPS) is 12.1. The highest BCUT2D eigenvalue weighted by Crippen LogP contribution is 2.19. The van der Waals surface area contributed by atoms with E-state index in [1.54, 1.807) is 0 Å². The van der Waals surface area contributed by atoms with Crippen molar-refractivity contribution in [1.29, 1.82) is 0 Å². The Kier molecular flexibility index (Phi) is 50.0. The second kappa shape index (κ2) is 51.3. The maximum absolute atomic E-state index is 12.8. The second-order valence-corrected chi connectivity index (χ2v) is 22.1. The Balaban J connectivity index is 4.28. The highest BCUT2D eigenvalue weighted by Gasteiger charge is 2.19. The largest absolute Gasteiger partial charge is 0.462 e. The van der Waals surface area contributed by atoms with Crippen molar-refractivity contribution in [3.63, 3.8) is 0 Å². The minimum atomic E-state index is -0.764. The lowest BCUT2D eigenvalue weighted by molar-refractivity contribution is -0.167. The molecule has 392 valence electrons. The molecule has 0 radical (unpaired) electrons. The molecule has 0 unspecified atom stereocenters. The van der Waals surface area contributed by atoms with E-state index in [-0.39, 0.29) is 31.1 Å². The van der Waals surface area contributed by atoms with Crippen molar-refractivity contribution < 1.29 is 28.6 Å². The van der Waals surface area contributed by atoms with Crippen LogP contribution in [0, 0.1) is 17.8 Å². The summed E-state index contributed by atoms with van der Waals surface area (Å²) in [6.07, 6.45) is 53.8. The quantitative estimate of drug-likeness (QED) is 0.0343. The number of rotatable bonds is 53. The van der Waals surface area contributed by atoms with Crippen LogP contribution in [0.5, 0.6) is 0 Å². The molecule has 0 aromatic carbocycles. The molecule has 0 amide bonds. The maximum Gasteiger partial charge on any atom is 0.306 e. The summed E-state index contributed by atoms with van der Waals surface area (Å²) in [5.41, 5.74) is 0. The molecule has 0 heterocycles. The van der Waals surface area contributed by atoms with Crippen LogP contribution in [0.15, 0.2) is 0 Å². The minimum absolute atomic E-state index is 0.0634. The van der Waals surface area contributed by atoms with E-state index in [0.29, 0.717) is 19.3 Å². The molecule has 0 aromatic heterocycles. The lowest BCUT2D eigenvalue weighted by Crippen LogP contribution is -2.30. The fourth-order valence-corrected chi connectivity index (χ4v) is 9.18. The zero-order chi connectivity index (χ0) is 48.4. The fourth-order valence-electron chi connectivity index (χ4n) is 9.18. The van der Waals surface area contributed by atoms with Crippen molar-refractivity contribution in [1.82, 2.24) is 0 Å². The van der Waals surface area contributed by atoms with E-state index in [1.807, 2.05) is 0 Å². The number of carbonyl (C=O) groups excluding carboxylic acids is 3. The first-order valence-corrected chi connectivity index (χ1v) is 29.6. The van der Waals surface area contributed by atoms with Crippen LogP contribution in [0.1, 0.15) is 330 Å². The SMILES string of the molecule is CC(C)CCCCCCCCCCCCCCCCCC(=O)OC[C@@H](COC(=O)CCCCCCCCCCCCCCCCC(C)C)OC(=O)CCCCCCCCCCCCC(C)C. The van der Waals surface area contributed by atoms with Crippen LogP contribution >= 0.6 is 0 Å². The summed E-state index contributed by atoms with van der Waals surface area (Å²) in [5.74, 6) is 1.67. The van der Waals surface area contributed by atoms with Crippen molar-refractivity contribution in [2.24, 2.45) is 17.8 Å². The van der Waals surface area contributed by atoms with Gasteiger partial charge >= 0.3 is 17.9 Å².